The summed E-state index contributed by atoms with van der Waals surface area (Å²) in [6.07, 6.45) is 15.8. The van der Waals surface area contributed by atoms with Crippen molar-refractivity contribution in [2.75, 3.05) is 0 Å². The Labute approximate surface area is 76.9 Å². The highest BCUT2D eigenvalue weighted by molar-refractivity contribution is 5.80. The largest absolute Gasteiger partial charge is 0.478 e. The molecule has 0 fully saturated rings. The lowest BCUT2D eigenvalue weighted by atomic mass is 10.2. The fraction of sp³-hybridized carbons (Fsp3) is 0. The second kappa shape index (κ2) is 4.93. The van der Waals surface area contributed by atoms with E-state index in [9.17, 15) is 4.79 Å². The smallest absolute Gasteiger partial charge is 0.328 e. The summed E-state index contributed by atoms with van der Waals surface area (Å²) in [6, 6.07) is 0. The van der Waals surface area contributed by atoms with Crippen molar-refractivity contribution in [1.29, 1.82) is 0 Å². The monoisotopic (exact) mass is 174 g/mol. The number of allylic oxidation sites excluding steroid dienone is 9. The number of carboxylic acid groups (broad SMARTS) is 1. The van der Waals surface area contributed by atoms with E-state index in [0.29, 0.717) is 0 Å². The predicted molar refractivity (Wildman–Crippen MR) is 52.3 cm³/mol. The van der Waals surface area contributed by atoms with E-state index in [4.69, 9.17) is 5.11 Å². The molecule has 1 aliphatic rings. The summed E-state index contributed by atoms with van der Waals surface area (Å²) in [7, 11) is 0. The minimum atomic E-state index is -0.934. The molecule has 0 heterocycles. The van der Waals surface area contributed by atoms with Gasteiger partial charge in [-0.1, -0.05) is 42.5 Å². The van der Waals surface area contributed by atoms with Gasteiger partial charge in [-0.05, 0) is 11.6 Å². The maximum absolute atomic E-state index is 10.2. The molecule has 0 aromatic rings. The van der Waals surface area contributed by atoms with Gasteiger partial charge in [0.2, 0.25) is 0 Å². The molecule has 1 aliphatic carbocycles. The molecule has 0 radical (unpaired) electrons. The molecular formula is C11H10O2. The summed E-state index contributed by atoms with van der Waals surface area (Å²) in [5.74, 6) is -0.934. The van der Waals surface area contributed by atoms with Gasteiger partial charge in [0.1, 0.15) is 0 Å². The van der Waals surface area contributed by atoms with Crippen LogP contribution in [-0.2, 0) is 4.79 Å². The molecule has 2 heteroatoms. The highest BCUT2D eigenvalue weighted by atomic mass is 16.4. The number of hydrogen-bond acceptors (Lipinski definition) is 1. The zero-order chi connectivity index (χ0) is 9.52. The second-order valence-corrected chi connectivity index (χ2v) is 2.47. The average Bonchev–Trinajstić information content (AvgIpc) is 2.01. The molecule has 0 aromatic carbocycles. The number of carbonyl (C=O) groups is 1. The van der Waals surface area contributed by atoms with Crippen LogP contribution in [0.15, 0.2) is 60.3 Å². The molecule has 0 unspecified atom stereocenters. The van der Waals surface area contributed by atoms with Crippen LogP contribution < -0.4 is 0 Å². The first-order valence-electron chi connectivity index (χ1n) is 3.92. The van der Waals surface area contributed by atoms with Crippen molar-refractivity contribution in [1.82, 2.24) is 0 Å². The molecular weight excluding hydrogens is 164 g/mol. The van der Waals surface area contributed by atoms with Crippen LogP contribution in [0.2, 0.25) is 0 Å². The van der Waals surface area contributed by atoms with Crippen LogP contribution in [0.3, 0.4) is 0 Å². The van der Waals surface area contributed by atoms with Crippen molar-refractivity contribution < 1.29 is 9.90 Å². The van der Waals surface area contributed by atoms with Crippen molar-refractivity contribution in [3.8, 4) is 0 Å². The third-order valence-corrected chi connectivity index (χ3v) is 1.44. The van der Waals surface area contributed by atoms with Crippen LogP contribution in [0.4, 0.5) is 0 Å². The minimum absolute atomic E-state index is 0.864. The van der Waals surface area contributed by atoms with E-state index >= 15 is 0 Å². The standard InChI is InChI=1S/C11H10O2/c12-11(13)9-8-10-6-4-2-1-3-5-7-10/h1-9H,(H,12,13). The Morgan fingerprint density at radius 3 is 2.62 bits per heavy atom. The highest BCUT2D eigenvalue weighted by Crippen LogP contribution is 2.02. The third-order valence-electron chi connectivity index (χ3n) is 1.44. The average molecular weight is 174 g/mol. The molecule has 2 nitrogen and oxygen atoms in total. The molecule has 0 amide bonds. The Hall–Kier alpha value is -1.83. The summed E-state index contributed by atoms with van der Waals surface area (Å²) in [5, 5.41) is 8.40. The van der Waals surface area contributed by atoms with E-state index in [1.807, 2.05) is 42.5 Å². The normalized spacial score (nSPS) is 15.5. The minimum Gasteiger partial charge on any atom is -0.478 e. The van der Waals surface area contributed by atoms with Gasteiger partial charge in [0.25, 0.3) is 0 Å². The third kappa shape index (κ3) is 3.91. The molecule has 0 saturated heterocycles. The zero-order valence-electron chi connectivity index (χ0n) is 7.05. The molecule has 0 spiro atoms. The van der Waals surface area contributed by atoms with Crippen molar-refractivity contribution in [3.05, 3.63) is 60.3 Å². The van der Waals surface area contributed by atoms with Gasteiger partial charge in [-0.2, -0.15) is 0 Å². The molecule has 0 atom stereocenters. The maximum Gasteiger partial charge on any atom is 0.328 e. The van der Waals surface area contributed by atoms with Crippen LogP contribution in [0, 0.1) is 0 Å². The molecule has 13 heavy (non-hydrogen) atoms. The molecule has 66 valence electrons. The van der Waals surface area contributed by atoms with Gasteiger partial charge < -0.3 is 5.11 Å². The van der Waals surface area contributed by atoms with Gasteiger partial charge in [0, 0.05) is 6.08 Å². The molecule has 0 aliphatic heterocycles. The first-order valence-corrected chi connectivity index (χ1v) is 3.92. The van der Waals surface area contributed by atoms with Crippen LogP contribution in [0.5, 0.6) is 0 Å². The fourth-order valence-electron chi connectivity index (χ4n) is 0.860. The van der Waals surface area contributed by atoms with Crippen molar-refractivity contribution in [2.45, 2.75) is 0 Å². The van der Waals surface area contributed by atoms with Gasteiger partial charge in [-0.25, -0.2) is 4.79 Å². The number of aliphatic carboxylic acids is 1. The quantitative estimate of drug-likeness (QED) is 0.652. The molecule has 0 aromatic heterocycles. The Morgan fingerprint density at radius 2 is 1.85 bits per heavy atom. The van der Waals surface area contributed by atoms with Gasteiger partial charge >= 0.3 is 5.97 Å². The Bertz CT molecular complexity index is 328. The summed E-state index contributed by atoms with van der Waals surface area (Å²) in [5.41, 5.74) is 0.864. The molecule has 1 rings (SSSR count). The Kier molecular flexibility index (Phi) is 3.51. The van der Waals surface area contributed by atoms with E-state index < -0.39 is 5.97 Å². The van der Waals surface area contributed by atoms with Crippen LogP contribution in [0.1, 0.15) is 0 Å². The van der Waals surface area contributed by atoms with Gasteiger partial charge in [-0.3, -0.25) is 0 Å². The summed E-state index contributed by atoms with van der Waals surface area (Å²) in [4.78, 5) is 10.2. The van der Waals surface area contributed by atoms with Gasteiger partial charge in [-0.15, -0.1) is 0 Å². The maximum atomic E-state index is 10.2. The topological polar surface area (TPSA) is 37.3 Å². The number of carboxylic acids is 1. The van der Waals surface area contributed by atoms with Crippen molar-refractivity contribution >= 4 is 5.97 Å². The van der Waals surface area contributed by atoms with Crippen molar-refractivity contribution in [2.24, 2.45) is 0 Å². The number of hydrogen-bond donors (Lipinski definition) is 1. The van der Waals surface area contributed by atoms with Crippen molar-refractivity contribution in [3.63, 3.8) is 0 Å². The van der Waals surface area contributed by atoms with Gasteiger partial charge in [0.15, 0.2) is 0 Å². The summed E-state index contributed by atoms with van der Waals surface area (Å²) in [6.45, 7) is 0. The van der Waals surface area contributed by atoms with E-state index in [-0.39, 0.29) is 0 Å². The molecule has 0 saturated carbocycles. The second-order valence-electron chi connectivity index (χ2n) is 2.47. The predicted octanol–water partition coefficient (Wildman–Crippen LogP) is 2.24. The first-order chi connectivity index (χ1) is 6.29. The summed E-state index contributed by atoms with van der Waals surface area (Å²) < 4.78 is 0. The van der Waals surface area contributed by atoms with Crippen LogP contribution in [-0.4, -0.2) is 11.1 Å². The van der Waals surface area contributed by atoms with Crippen LogP contribution in [0.25, 0.3) is 0 Å². The molecule has 1 N–H and O–H groups in total. The Morgan fingerprint density at radius 1 is 1.15 bits per heavy atom. The van der Waals surface area contributed by atoms with E-state index in [0.717, 1.165) is 11.6 Å². The Balaban J connectivity index is 2.74. The summed E-state index contributed by atoms with van der Waals surface area (Å²) >= 11 is 0. The van der Waals surface area contributed by atoms with Gasteiger partial charge in [0.05, 0.1) is 0 Å². The molecule has 0 bridgehead atoms. The van der Waals surface area contributed by atoms with E-state index in [1.54, 1.807) is 6.08 Å². The lowest BCUT2D eigenvalue weighted by Gasteiger charge is -1.91. The fourth-order valence-corrected chi connectivity index (χ4v) is 0.860. The SMILES string of the molecule is O=C(O)C=CC1=CC=CC=CC=C1. The first kappa shape index (κ1) is 9.26. The lowest BCUT2D eigenvalue weighted by molar-refractivity contribution is -0.131. The number of rotatable bonds is 2. The van der Waals surface area contributed by atoms with E-state index in [2.05, 4.69) is 0 Å². The highest BCUT2D eigenvalue weighted by Gasteiger charge is 1.88. The lowest BCUT2D eigenvalue weighted by Crippen LogP contribution is -1.86. The van der Waals surface area contributed by atoms with E-state index in [1.165, 1.54) is 0 Å². The van der Waals surface area contributed by atoms with Crippen LogP contribution >= 0.6 is 0 Å². The zero-order valence-corrected chi connectivity index (χ0v) is 7.05.